The Labute approximate surface area is 220 Å². The number of carbonyl (C=O) groups is 1. The van der Waals surface area contributed by atoms with Crippen LogP contribution in [0.1, 0.15) is 53.6 Å². The maximum absolute atomic E-state index is 14.4. The van der Waals surface area contributed by atoms with Gasteiger partial charge in [-0.1, -0.05) is 60.9 Å². The lowest BCUT2D eigenvalue weighted by Gasteiger charge is -2.22. The lowest BCUT2D eigenvalue weighted by Crippen LogP contribution is -2.25. The van der Waals surface area contributed by atoms with Gasteiger partial charge in [0.1, 0.15) is 11.6 Å². The molecule has 5 rings (SSSR count). The fourth-order valence-corrected chi connectivity index (χ4v) is 5.83. The summed E-state index contributed by atoms with van der Waals surface area (Å²) in [6, 6.07) is 20.1. The first-order chi connectivity index (χ1) is 18.0. The van der Waals surface area contributed by atoms with Gasteiger partial charge < -0.3 is 14.7 Å². The van der Waals surface area contributed by atoms with E-state index in [4.69, 9.17) is 9.72 Å². The summed E-state index contributed by atoms with van der Waals surface area (Å²) in [5, 5.41) is 9.95. The van der Waals surface area contributed by atoms with E-state index in [-0.39, 0.29) is 11.4 Å². The minimum atomic E-state index is -0.948. The molecule has 4 aromatic rings. The van der Waals surface area contributed by atoms with Gasteiger partial charge in [0.05, 0.1) is 22.4 Å². The minimum absolute atomic E-state index is 0.253. The molecular formula is C30H31FN2O3S. The zero-order valence-electron chi connectivity index (χ0n) is 20.7. The van der Waals surface area contributed by atoms with Crippen molar-refractivity contribution in [3.63, 3.8) is 0 Å². The minimum Gasteiger partial charge on any atom is -0.493 e. The van der Waals surface area contributed by atoms with Crippen molar-refractivity contribution in [2.45, 2.75) is 45.1 Å². The van der Waals surface area contributed by atoms with Crippen LogP contribution in [-0.4, -0.2) is 29.2 Å². The van der Waals surface area contributed by atoms with E-state index in [1.54, 1.807) is 18.2 Å². The molecule has 1 aliphatic carbocycles. The molecule has 0 radical (unpaired) electrons. The molecule has 1 heterocycles. The van der Waals surface area contributed by atoms with E-state index < -0.39 is 5.97 Å². The molecule has 0 atom stereocenters. The Morgan fingerprint density at radius 3 is 2.43 bits per heavy atom. The van der Waals surface area contributed by atoms with Gasteiger partial charge in [-0.25, -0.2) is 14.2 Å². The standard InChI is InChI=1S/C30H31FN2O3S/c31-26-7-4-8-27-28(26)37-30(32-27)33(19-22-9-13-24(14-10-22)29(34)35)18-17-21-11-15-25(16-12-21)36-20-23-5-2-1-3-6-23/h4,7-16,23H,1-3,5-6,17-20H2,(H,34,35). The third-order valence-electron chi connectivity index (χ3n) is 7.00. The fraction of sp³-hybridized carbons (Fsp3) is 0.333. The van der Waals surface area contributed by atoms with Gasteiger partial charge in [0.25, 0.3) is 0 Å². The van der Waals surface area contributed by atoms with Gasteiger partial charge in [0, 0.05) is 13.1 Å². The zero-order chi connectivity index (χ0) is 25.6. The van der Waals surface area contributed by atoms with E-state index in [2.05, 4.69) is 17.0 Å². The Morgan fingerprint density at radius 1 is 1.00 bits per heavy atom. The Balaban J connectivity index is 1.28. The number of rotatable bonds is 10. The first-order valence-electron chi connectivity index (χ1n) is 12.9. The third-order valence-corrected chi connectivity index (χ3v) is 8.15. The highest BCUT2D eigenvalue weighted by atomic mass is 32.1. The van der Waals surface area contributed by atoms with Gasteiger partial charge >= 0.3 is 5.97 Å². The highest BCUT2D eigenvalue weighted by Gasteiger charge is 2.16. The van der Waals surface area contributed by atoms with Gasteiger partial charge in [0.2, 0.25) is 0 Å². The smallest absolute Gasteiger partial charge is 0.335 e. The molecule has 0 unspecified atom stereocenters. The lowest BCUT2D eigenvalue weighted by molar-refractivity contribution is 0.0697. The van der Waals surface area contributed by atoms with Crippen LogP contribution in [0.25, 0.3) is 10.2 Å². The number of hydrogen-bond donors (Lipinski definition) is 1. The summed E-state index contributed by atoms with van der Waals surface area (Å²) in [6.45, 7) is 2.02. The van der Waals surface area contributed by atoms with Gasteiger partial charge in [-0.15, -0.1) is 0 Å². The second-order valence-electron chi connectivity index (χ2n) is 9.72. The number of aromatic carboxylic acids is 1. The van der Waals surface area contributed by atoms with Crippen molar-refractivity contribution in [3.05, 3.63) is 89.2 Å². The molecule has 3 aromatic carbocycles. The number of anilines is 1. The normalized spacial score (nSPS) is 14.1. The Kier molecular flexibility index (Phi) is 7.99. The van der Waals surface area contributed by atoms with Crippen LogP contribution in [0.4, 0.5) is 9.52 Å². The van der Waals surface area contributed by atoms with Crippen LogP contribution in [0.2, 0.25) is 0 Å². The number of nitrogens with zero attached hydrogens (tertiary/aromatic N) is 2. The number of halogens is 1. The van der Waals surface area contributed by atoms with Gasteiger partial charge in [-0.2, -0.15) is 0 Å². The summed E-state index contributed by atoms with van der Waals surface area (Å²) >= 11 is 1.34. The number of carboxylic acid groups (broad SMARTS) is 1. The zero-order valence-corrected chi connectivity index (χ0v) is 21.6. The molecule has 1 fully saturated rings. The molecule has 0 amide bonds. The number of aromatic nitrogens is 1. The first-order valence-corrected chi connectivity index (χ1v) is 13.7. The Morgan fingerprint density at radius 2 is 1.73 bits per heavy atom. The van der Waals surface area contributed by atoms with E-state index >= 15 is 0 Å². The van der Waals surface area contributed by atoms with E-state index in [1.807, 2.05) is 30.3 Å². The second-order valence-corrected chi connectivity index (χ2v) is 10.7. The fourth-order valence-electron chi connectivity index (χ4n) is 4.84. The summed E-state index contributed by atoms with van der Waals surface area (Å²) in [4.78, 5) is 18.1. The van der Waals surface area contributed by atoms with Crippen LogP contribution in [0.3, 0.4) is 0 Å². The van der Waals surface area contributed by atoms with Crippen molar-refractivity contribution in [3.8, 4) is 5.75 Å². The van der Waals surface area contributed by atoms with Crippen molar-refractivity contribution >= 4 is 32.7 Å². The molecule has 5 nitrogen and oxygen atoms in total. The van der Waals surface area contributed by atoms with E-state index in [0.717, 1.165) is 29.5 Å². The molecule has 1 aliphatic rings. The highest BCUT2D eigenvalue weighted by molar-refractivity contribution is 7.22. The molecule has 0 spiro atoms. The van der Waals surface area contributed by atoms with Crippen molar-refractivity contribution in [1.82, 2.24) is 4.98 Å². The quantitative estimate of drug-likeness (QED) is 0.238. The topological polar surface area (TPSA) is 62.7 Å². The predicted molar refractivity (Wildman–Crippen MR) is 146 cm³/mol. The van der Waals surface area contributed by atoms with Crippen LogP contribution in [0.15, 0.2) is 66.7 Å². The predicted octanol–water partition coefficient (Wildman–Crippen LogP) is 7.34. The maximum atomic E-state index is 14.4. The van der Waals surface area contributed by atoms with Gasteiger partial charge in [-0.05, 0) is 72.7 Å². The first kappa shape index (κ1) is 25.2. The van der Waals surface area contributed by atoms with Crippen LogP contribution in [0, 0.1) is 11.7 Å². The number of benzene rings is 3. The SMILES string of the molecule is O=C(O)c1ccc(CN(CCc2ccc(OCC3CCCCC3)cc2)c2nc3cccc(F)c3s2)cc1. The van der Waals surface area contributed by atoms with Crippen LogP contribution in [0.5, 0.6) is 5.75 Å². The summed E-state index contributed by atoms with van der Waals surface area (Å²) in [7, 11) is 0. The number of hydrogen-bond acceptors (Lipinski definition) is 5. The van der Waals surface area contributed by atoms with E-state index in [1.165, 1.54) is 55.1 Å². The third kappa shape index (κ3) is 6.46. The monoisotopic (exact) mass is 518 g/mol. The van der Waals surface area contributed by atoms with Gasteiger partial charge in [-0.3, -0.25) is 0 Å². The molecule has 192 valence electrons. The molecule has 37 heavy (non-hydrogen) atoms. The average molecular weight is 519 g/mol. The molecule has 0 saturated heterocycles. The molecular weight excluding hydrogens is 487 g/mol. The summed E-state index contributed by atoms with van der Waals surface area (Å²) < 4.78 is 21.0. The number of thiazole rings is 1. The highest BCUT2D eigenvalue weighted by Crippen LogP contribution is 2.32. The van der Waals surface area contributed by atoms with Gasteiger partial charge in [0.15, 0.2) is 5.13 Å². The number of ether oxygens (including phenoxy) is 1. The lowest BCUT2D eigenvalue weighted by atomic mass is 9.90. The van der Waals surface area contributed by atoms with Crippen molar-refractivity contribution in [2.24, 2.45) is 5.92 Å². The molecule has 0 bridgehead atoms. The largest absolute Gasteiger partial charge is 0.493 e. The van der Waals surface area contributed by atoms with E-state index in [9.17, 15) is 14.3 Å². The van der Waals surface area contributed by atoms with Crippen molar-refractivity contribution in [2.75, 3.05) is 18.1 Å². The van der Waals surface area contributed by atoms with Crippen molar-refractivity contribution in [1.29, 1.82) is 0 Å². The molecule has 1 N–H and O–H groups in total. The maximum Gasteiger partial charge on any atom is 0.335 e. The molecule has 7 heteroatoms. The molecule has 1 saturated carbocycles. The van der Waals surface area contributed by atoms with Crippen LogP contribution < -0.4 is 9.64 Å². The Hall–Kier alpha value is -3.45. The summed E-state index contributed by atoms with van der Waals surface area (Å²) in [6.07, 6.45) is 7.30. The van der Waals surface area contributed by atoms with Crippen LogP contribution in [-0.2, 0) is 13.0 Å². The Bertz CT molecular complexity index is 1330. The number of carboxylic acids is 1. The summed E-state index contributed by atoms with van der Waals surface area (Å²) in [5.74, 6) is 0.364. The van der Waals surface area contributed by atoms with E-state index in [0.29, 0.717) is 29.2 Å². The second kappa shape index (κ2) is 11.7. The summed E-state index contributed by atoms with van der Waals surface area (Å²) in [5.41, 5.74) is 3.05. The molecule has 0 aliphatic heterocycles. The number of fused-ring (bicyclic) bond motifs is 1. The van der Waals surface area contributed by atoms with Crippen LogP contribution >= 0.6 is 11.3 Å². The molecule has 1 aromatic heterocycles. The average Bonchev–Trinajstić information content (AvgIpc) is 3.37. The van der Waals surface area contributed by atoms with Crippen molar-refractivity contribution < 1.29 is 19.0 Å².